The number of likely N-dealkylation sites (tertiary alicyclic amines) is 2. The number of nitrogens with two attached hydrogens (primary N) is 2. The van der Waals surface area contributed by atoms with Gasteiger partial charge in [0.25, 0.3) is 11.8 Å². The maximum absolute atomic E-state index is 13.2. The lowest BCUT2D eigenvalue weighted by Crippen LogP contribution is -2.38. The molecule has 2 aliphatic rings. The van der Waals surface area contributed by atoms with Crippen molar-refractivity contribution in [3.05, 3.63) is 35.4 Å². The molecule has 12 heteroatoms. The van der Waals surface area contributed by atoms with Gasteiger partial charge in [-0.1, -0.05) is 0 Å². The van der Waals surface area contributed by atoms with Crippen molar-refractivity contribution >= 4 is 23.2 Å². The normalized spacial score (nSPS) is 18.0. The SMILES string of the molecule is COc1cc(C(=O)N2CCC[C@H]2CCO)c(N)cc1OCCCCCOc1cc(N)c(C(=O)N2CCC[C@H]2CO)cc1OC. The number of methoxy groups -OCH3 is 2. The summed E-state index contributed by atoms with van der Waals surface area (Å²) in [5.74, 6) is 1.41. The first-order valence-corrected chi connectivity index (χ1v) is 15.4. The maximum atomic E-state index is 13.2. The third-order valence-electron chi connectivity index (χ3n) is 8.39. The second-order valence-electron chi connectivity index (χ2n) is 11.2. The number of nitrogens with zero attached hydrogens (tertiary/aromatic N) is 2. The van der Waals surface area contributed by atoms with Crippen molar-refractivity contribution in [3.8, 4) is 23.0 Å². The van der Waals surface area contributed by atoms with E-state index < -0.39 is 0 Å². The molecule has 2 heterocycles. The lowest BCUT2D eigenvalue weighted by Gasteiger charge is -2.25. The summed E-state index contributed by atoms with van der Waals surface area (Å²) in [6.07, 6.45) is 6.26. The van der Waals surface area contributed by atoms with Crippen LogP contribution in [0.25, 0.3) is 0 Å². The molecule has 0 radical (unpaired) electrons. The van der Waals surface area contributed by atoms with E-state index in [0.29, 0.717) is 78.2 Å². The fraction of sp³-hybridized carbons (Fsp3) is 0.562. The maximum Gasteiger partial charge on any atom is 0.256 e. The van der Waals surface area contributed by atoms with E-state index in [9.17, 15) is 19.8 Å². The first-order chi connectivity index (χ1) is 21.3. The van der Waals surface area contributed by atoms with Crippen LogP contribution in [0.1, 0.15) is 72.1 Å². The van der Waals surface area contributed by atoms with Gasteiger partial charge in [0.1, 0.15) is 0 Å². The van der Waals surface area contributed by atoms with Gasteiger partial charge in [-0.25, -0.2) is 0 Å². The van der Waals surface area contributed by atoms with Crippen molar-refractivity contribution in [1.82, 2.24) is 9.80 Å². The highest BCUT2D eigenvalue weighted by Gasteiger charge is 2.32. The van der Waals surface area contributed by atoms with Crippen LogP contribution in [0.3, 0.4) is 0 Å². The Kier molecular flexibility index (Phi) is 11.8. The number of ether oxygens (including phenoxy) is 4. The van der Waals surface area contributed by atoms with Crippen molar-refractivity contribution < 1.29 is 38.7 Å². The number of nitrogen functional groups attached to an aromatic ring is 2. The van der Waals surface area contributed by atoms with Gasteiger partial charge in [-0.3, -0.25) is 9.59 Å². The van der Waals surface area contributed by atoms with Crippen LogP contribution in [-0.4, -0.2) is 97.6 Å². The summed E-state index contributed by atoms with van der Waals surface area (Å²) >= 11 is 0. The predicted octanol–water partition coefficient (Wildman–Crippen LogP) is 3.08. The van der Waals surface area contributed by atoms with Gasteiger partial charge in [0, 0.05) is 49.2 Å². The second kappa shape index (κ2) is 15.7. The fourth-order valence-electron chi connectivity index (χ4n) is 5.97. The summed E-state index contributed by atoms with van der Waals surface area (Å²) < 4.78 is 22.9. The second-order valence-corrected chi connectivity index (χ2v) is 11.2. The molecule has 2 fully saturated rings. The molecule has 4 rings (SSSR count). The van der Waals surface area contributed by atoms with Crippen LogP contribution < -0.4 is 30.4 Å². The Bertz CT molecular complexity index is 1290. The molecule has 2 atom stereocenters. The molecule has 44 heavy (non-hydrogen) atoms. The zero-order valence-electron chi connectivity index (χ0n) is 25.8. The van der Waals surface area contributed by atoms with Crippen molar-refractivity contribution in [2.24, 2.45) is 0 Å². The molecule has 0 bridgehead atoms. The number of rotatable bonds is 15. The predicted molar refractivity (Wildman–Crippen MR) is 167 cm³/mol. The lowest BCUT2D eigenvalue weighted by atomic mass is 10.1. The number of carbonyl (C=O) groups excluding carboxylic acids is 2. The molecule has 0 aliphatic carbocycles. The first kappa shape index (κ1) is 33.0. The van der Waals surface area contributed by atoms with Gasteiger partial charge in [0.05, 0.1) is 51.2 Å². The summed E-state index contributed by atoms with van der Waals surface area (Å²) in [6, 6.07) is 6.29. The Morgan fingerprint density at radius 3 is 1.68 bits per heavy atom. The number of unbranched alkanes of at least 4 members (excludes halogenated alkanes) is 2. The average molecular weight is 615 g/mol. The van der Waals surface area contributed by atoms with Crippen LogP contribution in [0, 0.1) is 0 Å². The van der Waals surface area contributed by atoms with Gasteiger partial charge in [-0.15, -0.1) is 0 Å². The van der Waals surface area contributed by atoms with Gasteiger partial charge >= 0.3 is 0 Å². The van der Waals surface area contributed by atoms with Gasteiger partial charge in [0.15, 0.2) is 23.0 Å². The van der Waals surface area contributed by atoms with Crippen LogP contribution in [0.15, 0.2) is 24.3 Å². The van der Waals surface area contributed by atoms with E-state index in [2.05, 4.69) is 0 Å². The third-order valence-corrected chi connectivity index (χ3v) is 8.39. The molecule has 0 aromatic heterocycles. The van der Waals surface area contributed by atoms with E-state index >= 15 is 0 Å². The number of anilines is 2. The number of hydrogen-bond donors (Lipinski definition) is 4. The minimum Gasteiger partial charge on any atom is -0.493 e. The third kappa shape index (κ3) is 7.59. The van der Waals surface area contributed by atoms with Gasteiger partial charge in [0.2, 0.25) is 0 Å². The van der Waals surface area contributed by atoms with Gasteiger partial charge in [-0.2, -0.15) is 0 Å². The Morgan fingerprint density at radius 1 is 0.750 bits per heavy atom. The zero-order chi connectivity index (χ0) is 31.6. The molecule has 2 amide bonds. The Morgan fingerprint density at radius 2 is 1.23 bits per heavy atom. The van der Waals surface area contributed by atoms with Crippen molar-refractivity contribution in [2.75, 3.05) is 65.2 Å². The molecule has 242 valence electrons. The molecule has 0 spiro atoms. The average Bonchev–Trinajstić information content (AvgIpc) is 3.70. The quantitative estimate of drug-likeness (QED) is 0.173. The summed E-state index contributed by atoms with van der Waals surface area (Å²) in [5, 5.41) is 18.9. The molecule has 2 saturated heterocycles. The van der Waals surface area contributed by atoms with Crippen LogP contribution >= 0.6 is 0 Å². The van der Waals surface area contributed by atoms with E-state index in [1.54, 1.807) is 34.1 Å². The number of aliphatic hydroxyl groups excluding tert-OH is 2. The monoisotopic (exact) mass is 614 g/mol. The number of amides is 2. The highest BCUT2D eigenvalue weighted by atomic mass is 16.5. The Labute approximate surface area is 258 Å². The minimum atomic E-state index is -0.221. The molecule has 2 aromatic rings. The summed E-state index contributed by atoms with van der Waals surface area (Å²) in [4.78, 5) is 29.7. The number of aliphatic hydroxyl groups is 2. The minimum absolute atomic E-state index is 0.0140. The van der Waals surface area contributed by atoms with Crippen LogP contribution in [0.5, 0.6) is 23.0 Å². The molecule has 0 unspecified atom stereocenters. The number of hydrogen-bond acceptors (Lipinski definition) is 10. The molecule has 0 saturated carbocycles. The summed E-state index contributed by atoms with van der Waals surface area (Å²) in [7, 11) is 3.04. The van der Waals surface area contributed by atoms with Crippen molar-refractivity contribution in [1.29, 1.82) is 0 Å². The van der Waals surface area contributed by atoms with Crippen LogP contribution in [0.2, 0.25) is 0 Å². The molecule has 6 N–H and O–H groups in total. The first-order valence-electron chi connectivity index (χ1n) is 15.4. The standard InChI is InChI=1S/C32H46N4O8/c1-41-27-16-23(31(39)35-11-6-8-21(35)10-13-37)25(33)18-29(27)43-14-4-3-5-15-44-30-19-26(34)24(17-28(30)42-2)32(40)36-12-7-9-22(36)20-38/h16-19,21-22,37-38H,3-15,20,33-34H2,1-2H3/t21-,22-/m0/s1. The summed E-state index contributed by atoms with van der Waals surface area (Å²) in [6.45, 7) is 2.04. The summed E-state index contributed by atoms with van der Waals surface area (Å²) in [5.41, 5.74) is 13.8. The molecular weight excluding hydrogens is 568 g/mol. The Balaban J connectivity index is 1.25. The lowest BCUT2D eigenvalue weighted by molar-refractivity contribution is 0.0677. The van der Waals surface area contributed by atoms with E-state index in [0.717, 1.165) is 44.9 Å². The fourth-order valence-corrected chi connectivity index (χ4v) is 5.97. The molecule has 2 aliphatic heterocycles. The van der Waals surface area contributed by atoms with E-state index in [1.165, 1.54) is 14.2 Å². The van der Waals surface area contributed by atoms with Gasteiger partial charge in [-0.05, 0) is 63.5 Å². The van der Waals surface area contributed by atoms with E-state index in [4.69, 9.17) is 30.4 Å². The van der Waals surface area contributed by atoms with Crippen molar-refractivity contribution in [2.45, 2.75) is 63.5 Å². The van der Waals surface area contributed by atoms with E-state index in [-0.39, 0.29) is 37.1 Å². The van der Waals surface area contributed by atoms with Crippen LogP contribution in [-0.2, 0) is 0 Å². The topological polar surface area (TPSA) is 170 Å². The van der Waals surface area contributed by atoms with Crippen molar-refractivity contribution in [3.63, 3.8) is 0 Å². The van der Waals surface area contributed by atoms with Gasteiger partial charge < -0.3 is 50.4 Å². The molecular formula is C32H46N4O8. The Hall–Kier alpha value is -3.90. The molecule has 2 aromatic carbocycles. The zero-order valence-corrected chi connectivity index (χ0v) is 25.8. The smallest absolute Gasteiger partial charge is 0.256 e. The number of benzene rings is 2. The largest absolute Gasteiger partial charge is 0.493 e. The highest BCUT2D eigenvalue weighted by molar-refractivity contribution is 6.01. The number of carbonyl (C=O) groups is 2. The molecule has 12 nitrogen and oxygen atoms in total. The van der Waals surface area contributed by atoms with Crippen LogP contribution in [0.4, 0.5) is 11.4 Å². The highest BCUT2D eigenvalue weighted by Crippen LogP contribution is 2.36. The van der Waals surface area contributed by atoms with E-state index in [1.807, 2.05) is 0 Å².